The average Bonchev–Trinajstić information content (AvgIpc) is 2.33. The van der Waals surface area contributed by atoms with Crippen molar-refractivity contribution in [3.63, 3.8) is 0 Å². The number of benzene rings is 1. The minimum atomic E-state index is -0.280. The molecule has 0 atom stereocenters. The molecule has 0 aliphatic carbocycles. The highest BCUT2D eigenvalue weighted by Crippen LogP contribution is 2.15. The summed E-state index contributed by atoms with van der Waals surface area (Å²) in [5.74, 6) is 0. The number of thiocarbonyl (C=S) groups is 1. The molecule has 0 aliphatic heterocycles. The highest BCUT2D eigenvalue weighted by atomic mass is 32.1. The number of nitrogens with two attached hydrogens (primary N) is 1. The molecule has 1 aromatic carbocycles. The summed E-state index contributed by atoms with van der Waals surface area (Å²) in [6, 6.07) is 11.3. The topological polar surface area (TPSA) is 60.9 Å². The molecule has 4 nitrogen and oxygen atoms in total. The second-order valence-corrected chi connectivity index (χ2v) is 4.05. The van der Waals surface area contributed by atoms with E-state index < -0.39 is 0 Å². The molecule has 2 rings (SSSR count). The molecule has 2 aromatic rings. The lowest BCUT2D eigenvalue weighted by Gasteiger charge is -2.06. The fourth-order valence-electron chi connectivity index (χ4n) is 1.52. The molecule has 0 unspecified atom stereocenters. The van der Waals surface area contributed by atoms with Gasteiger partial charge in [-0.3, -0.25) is 4.79 Å². The van der Waals surface area contributed by atoms with Gasteiger partial charge in [0.05, 0.1) is 5.69 Å². The number of nitrogens with zero attached hydrogens (tertiary/aromatic N) is 2. The Kier molecular flexibility index (Phi) is 3.01. The van der Waals surface area contributed by atoms with Gasteiger partial charge >= 0.3 is 0 Å². The summed E-state index contributed by atoms with van der Waals surface area (Å²) in [5, 5.41) is 4.10. The fraction of sp³-hybridized carbons (Fsp3) is 0.0833. The number of hydrogen-bond donors (Lipinski definition) is 1. The van der Waals surface area contributed by atoms with Crippen molar-refractivity contribution in [3.8, 4) is 11.3 Å². The van der Waals surface area contributed by atoms with Crippen molar-refractivity contribution in [1.82, 2.24) is 9.78 Å². The second-order valence-electron chi connectivity index (χ2n) is 3.63. The van der Waals surface area contributed by atoms with Crippen LogP contribution in [0, 0.1) is 6.92 Å². The smallest absolute Gasteiger partial charge is 0.276 e. The van der Waals surface area contributed by atoms with E-state index in [1.54, 1.807) is 13.0 Å². The summed E-state index contributed by atoms with van der Waals surface area (Å²) < 4.78 is 1.05. The Hall–Kier alpha value is -2.01. The van der Waals surface area contributed by atoms with E-state index >= 15 is 0 Å². The van der Waals surface area contributed by atoms with Crippen molar-refractivity contribution in [2.45, 2.75) is 6.92 Å². The van der Waals surface area contributed by atoms with Crippen LogP contribution in [0.5, 0.6) is 0 Å². The Morgan fingerprint density at radius 2 is 2.00 bits per heavy atom. The summed E-state index contributed by atoms with van der Waals surface area (Å²) in [6.07, 6.45) is 0. The van der Waals surface area contributed by atoms with Crippen LogP contribution in [-0.4, -0.2) is 14.9 Å². The number of aryl methyl sites for hydroxylation is 1. The third kappa shape index (κ3) is 2.24. The maximum atomic E-state index is 11.7. The second kappa shape index (κ2) is 4.47. The maximum absolute atomic E-state index is 11.7. The SMILES string of the molecule is Cc1cc(-c2ccccc2)nn(C(N)=S)c1=O. The predicted octanol–water partition coefficient (Wildman–Crippen LogP) is 1.31. The molecule has 1 aromatic heterocycles. The Labute approximate surface area is 104 Å². The van der Waals surface area contributed by atoms with Gasteiger partial charge in [0.25, 0.3) is 5.56 Å². The van der Waals surface area contributed by atoms with Gasteiger partial charge in [-0.1, -0.05) is 30.3 Å². The van der Waals surface area contributed by atoms with Crippen LogP contribution in [-0.2, 0) is 0 Å². The Bertz CT molecular complexity index is 619. The molecule has 0 bridgehead atoms. The summed E-state index contributed by atoms with van der Waals surface area (Å²) in [7, 11) is 0. The van der Waals surface area contributed by atoms with Crippen molar-refractivity contribution in [3.05, 3.63) is 52.3 Å². The first-order chi connectivity index (χ1) is 8.09. The molecule has 17 heavy (non-hydrogen) atoms. The zero-order chi connectivity index (χ0) is 12.4. The van der Waals surface area contributed by atoms with Crippen LogP contribution >= 0.6 is 12.2 Å². The minimum absolute atomic E-state index is 0.0455. The molecule has 0 fully saturated rings. The fourth-order valence-corrected chi connectivity index (χ4v) is 1.64. The van der Waals surface area contributed by atoms with Crippen molar-refractivity contribution in [1.29, 1.82) is 0 Å². The first-order valence-electron chi connectivity index (χ1n) is 5.06. The van der Waals surface area contributed by atoms with Gasteiger partial charge in [-0.15, -0.1) is 0 Å². The lowest BCUT2D eigenvalue weighted by Crippen LogP contribution is -2.35. The third-order valence-corrected chi connectivity index (χ3v) is 2.54. The highest BCUT2D eigenvalue weighted by Gasteiger charge is 2.08. The van der Waals surface area contributed by atoms with Crippen LogP contribution in [0.25, 0.3) is 11.3 Å². The van der Waals surface area contributed by atoms with E-state index in [1.165, 1.54) is 0 Å². The standard InChI is InChI=1S/C12H11N3OS/c1-8-7-10(9-5-3-2-4-6-9)14-15(11(8)16)12(13)17/h2-7H,1H3,(H2,13,17). The molecular formula is C12H11N3OS. The van der Waals surface area contributed by atoms with E-state index in [1.807, 2.05) is 30.3 Å². The normalized spacial score (nSPS) is 10.2. The quantitative estimate of drug-likeness (QED) is 0.769. The zero-order valence-corrected chi connectivity index (χ0v) is 10.1. The van der Waals surface area contributed by atoms with Crippen LogP contribution in [0.3, 0.4) is 0 Å². The molecular weight excluding hydrogens is 234 g/mol. The maximum Gasteiger partial charge on any atom is 0.276 e. The number of aromatic nitrogens is 2. The van der Waals surface area contributed by atoms with E-state index in [4.69, 9.17) is 18.0 Å². The largest absolute Gasteiger partial charge is 0.374 e. The molecule has 0 radical (unpaired) electrons. The van der Waals surface area contributed by atoms with Crippen LogP contribution in [0.15, 0.2) is 41.2 Å². The Balaban J connectivity index is 2.66. The highest BCUT2D eigenvalue weighted by molar-refractivity contribution is 7.80. The Morgan fingerprint density at radius 1 is 1.35 bits per heavy atom. The van der Waals surface area contributed by atoms with Crippen molar-refractivity contribution >= 4 is 17.3 Å². The lowest BCUT2D eigenvalue weighted by atomic mass is 10.1. The van der Waals surface area contributed by atoms with Gasteiger partial charge in [-0.05, 0) is 25.2 Å². The van der Waals surface area contributed by atoms with E-state index in [2.05, 4.69) is 5.10 Å². The predicted molar refractivity (Wildman–Crippen MR) is 70.9 cm³/mol. The van der Waals surface area contributed by atoms with Crippen molar-refractivity contribution in [2.24, 2.45) is 5.73 Å². The monoisotopic (exact) mass is 245 g/mol. The van der Waals surface area contributed by atoms with E-state index in [9.17, 15) is 4.79 Å². The van der Waals surface area contributed by atoms with Gasteiger partial charge < -0.3 is 5.73 Å². The molecule has 0 amide bonds. The van der Waals surface area contributed by atoms with E-state index in [0.29, 0.717) is 11.3 Å². The number of rotatable bonds is 1. The van der Waals surface area contributed by atoms with Crippen LogP contribution in [0.2, 0.25) is 0 Å². The van der Waals surface area contributed by atoms with E-state index in [-0.39, 0.29) is 10.7 Å². The van der Waals surface area contributed by atoms with Crippen molar-refractivity contribution in [2.75, 3.05) is 0 Å². The van der Waals surface area contributed by atoms with Crippen LogP contribution in [0.4, 0.5) is 0 Å². The Morgan fingerprint density at radius 3 is 2.59 bits per heavy atom. The lowest BCUT2D eigenvalue weighted by molar-refractivity contribution is 0.852. The summed E-state index contributed by atoms with van der Waals surface area (Å²) in [5.41, 5.74) is 7.34. The summed E-state index contributed by atoms with van der Waals surface area (Å²) in [4.78, 5) is 11.7. The van der Waals surface area contributed by atoms with Gasteiger partial charge in [0.2, 0.25) is 0 Å². The first kappa shape index (κ1) is 11.5. The van der Waals surface area contributed by atoms with Gasteiger partial charge in [-0.25, -0.2) is 0 Å². The van der Waals surface area contributed by atoms with Gasteiger partial charge in [-0.2, -0.15) is 9.78 Å². The zero-order valence-electron chi connectivity index (χ0n) is 9.25. The molecule has 5 heteroatoms. The van der Waals surface area contributed by atoms with Gasteiger partial charge in [0.15, 0.2) is 5.11 Å². The molecule has 1 heterocycles. The van der Waals surface area contributed by atoms with Gasteiger partial charge in [0, 0.05) is 11.1 Å². The van der Waals surface area contributed by atoms with Crippen LogP contribution < -0.4 is 11.3 Å². The average molecular weight is 245 g/mol. The third-order valence-electron chi connectivity index (χ3n) is 2.37. The molecule has 0 saturated carbocycles. The van der Waals surface area contributed by atoms with Crippen molar-refractivity contribution < 1.29 is 0 Å². The van der Waals surface area contributed by atoms with E-state index in [0.717, 1.165) is 10.2 Å². The van der Waals surface area contributed by atoms with Crippen LogP contribution in [0.1, 0.15) is 5.56 Å². The molecule has 86 valence electrons. The minimum Gasteiger partial charge on any atom is -0.374 e. The molecule has 0 saturated heterocycles. The number of hydrogen-bond acceptors (Lipinski definition) is 3. The molecule has 0 aliphatic rings. The summed E-state index contributed by atoms with van der Waals surface area (Å²) in [6.45, 7) is 1.71. The molecule has 0 spiro atoms. The van der Waals surface area contributed by atoms with Gasteiger partial charge in [0.1, 0.15) is 0 Å². The summed E-state index contributed by atoms with van der Waals surface area (Å²) >= 11 is 4.80. The first-order valence-corrected chi connectivity index (χ1v) is 5.46. The molecule has 2 N–H and O–H groups in total.